The third-order valence-corrected chi connectivity index (χ3v) is 4.45. The molecule has 0 saturated carbocycles. The lowest BCUT2D eigenvalue weighted by molar-refractivity contribution is -1.03. The van der Waals surface area contributed by atoms with E-state index in [2.05, 4.69) is 48.3 Å². The van der Waals surface area contributed by atoms with E-state index in [4.69, 9.17) is 0 Å². The predicted octanol–water partition coefficient (Wildman–Crippen LogP) is -0.707. The number of pyridine rings is 1. The van der Waals surface area contributed by atoms with Gasteiger partial charge in [-0.25, -0.2) is 4.98 Å². The van der Waals surface area contributed by atoms with Crippen LogP contribution in [0.3, 0.4) is 0 Å². The average Bonchev–Trinajstić information content (AvgIpc) is 2.53. The van der Waals surface area contributed by atoms with Gasteiger partial charge >= 0.3 is 0 Å². The third kappa shape index (κ3) is 4.13. The van der Waals surface area contributed by atoms with Crippen molar-refractivity contribution in [2.75, 3.05) is 26.2 Å². The predicted molar refractivity (Wildman–Crippen MR) is 83.0 cm³/mol. The van der Waals surface area contributed by atoms with Crippen molar-refractivity contribution in [3.8, 4) is 0 Å². The van der Waals surface area contributed by atoms with Crippen molar-refractivity contribution in [3.63, 3.8) is 0 Å². The zero-order chi connectivity index (χ0) is 14.5. The molecule has 0 spiro atoms. The average molecular weight is 284 g/mol. The Bertz CT molecular complexity index is 542. The number of nitrogens with one attached hydrogen (secondary N) is 3. The number of aromatic amines is 1. The van der Waals surface area contributed by atoms with Crippen molar-refractivity contribution in [1.82, 2.24) is 0 Å². The van der Waals surface area contributed by atoms with Gasteiger partial charge in [0.15, 0.2) is 12.7 Å². The van der Waals surface area contributed by atoms with Gasteiger partial charge in [-0.2, -0.15) is 0 Å². The molecule has 0 bridgehead atoms. The second-order valence-corrected chi connectivity index (χ2v) is 6.23. The first kappa shape index (κ1) is 14.2. The van der Waals surface area contributed by atoms with Crippen LogP contribution in [0, 0.1) is 6.92 Å². The molecule has 0 atom stereocenters. The topological polar surface area (TPSA) is 23.0 Å². The molecule has 0 radical (unpaired) electrons. The highest BCUT2D eigenvalue weighted by molar-refractivity contribution is 5.20. The SMILES string of the molecule is Cc1ccc(C[NH+]2CC[NH+](Cc3cccc[nH+]3)CC2)cc1. The molecule has 0 amide bonds. The number of piperazine rings is 1. The number of aryl methyl sites for hydroxylation is 1. The van der Waals surface area contributed by atoms with E-state index in [-0.39, 0.29) is 0 Å². The summed E-state index contributed by atoms with van der Waals surface area (Å²) in [6.07, 6.45) is 2.02. The van der Waals surface area contributed by atoms with Crippen molar-refractivity contribution < 1.29 is 14.8 Å². The fraction of sp³-hybridized carbons (Fsp3) is 0.389. The molecule has 1 aliphatic rings. The Kier molecular flexibility index (Phi) is 4.63. The second kappa shape index (κ2) is 6.83. The molecule has 0 aliphatic carbocycles. The number of hydrogen-bond acceptors (Lipinski definition) is 0. The minimum absolute atomic E-state index is 1.12. The van der Waals surface area contributed by atoms with Crippen LogP contribution in [0.1, 0.15) is 16.8 Å². The van der Waals surface area contributed by atoms with Gasteiger partial charge in [0.05, 0.1) is 0 Å². The summed E-state index contributed by atoms with van der Waals surface area (Å²) in [7, 11) is 0. The molecule has 110 valence electrons. The zero-order valence-corrected chi connectivity index (χ0v) is 12.9. The monoisotopic (exact) mass is 284 g/mol. The van der Waals surface area contributed by atoms with Crippen molar-refractivity contribution in [2.24, 2.45) is 0 Å². The van der Waals surface area contributed by atoms with Gasteiger partial charge in [0.25, 0.3) is 0 Å². The van der Waals surface area contributed by atoms with Crippen LogP contribution < -0.4 is 14.8 Å². The fourth-order valence-electron chi connectivity index (χ4n) is 3.12. The van der Waals surface area contributed by atoms with Gasteiger partial charge in [0.2, 0.25) is 5.69 Å². The highest BCUT2D eigenvalue weighted by Crippen LogP contribution is 2.01. The summed E-state index contributed by atoms with van der Waals surface area (Å²) in [6.45, 7) is 9.53. The molecular weight excluding hydrogens is 258 g/mol. The summed E-state index contributed by atoms with van der Waals surface area (Å²) in [5.74, 6) is 0. The lowest BCUT2D eigenvalue weighted by Crippen LogP contribution is -3.27. The molecule has 2 heterocycles. The largest absolute Gasteiger partial charge is 0.322 e. The standard InChI is InChI=1S/C18H23N3/c1-16-5-7-17(8-6-16)14-20-10-12-21(13-11-20)15-18-4-2-3-9-19-18/h2-9H,10-15H2,1H3/p+3. The molecule has 1 saturated heterocycles. The fourth-order valence-corrected chi connectivity index (χ4v) is 3.12. The van der Waals surface area contributed by atoms with Crippen LogP contribution >= 0.6 is 0 Å². The molecule has 3 nitrogen and oxygen atoms in total. The molecule has 0 unspecified atom stereocenters. The van der Waals surface area contributed by atoms with Crippen molar-refractivity contribution >= 4 is 0 Å². The van der Waals surface area contributed by atoms with E-state index in [0.717, 1.165) is 6.54 Å². The van der Waals surface area contributed by atoms with E-state index in [0.29, 0.717) is 0 Å². The number of H-pyrrole nitrogens is 1. The second-order valence-electron chi connectivity index (χ2n) is 6.23. The summed E-state index contributed by atoms with van der Waals surface area (Å²) < 4.78 is 0. The lowest BCUT2D eigenvalue weighted by atomic mass is 10.1. The van der Waals surface area contributed by atoms with Gasteiger partial charge in [-0.3, -0.25) is 0 Å². The Labute approximate surface area is 127 Å². The van der Waals surface area contributed by atoms with E-state index in [9.17, 15) is 0 Å². The maximum absolute atomic E-state index is 3.34. The number of hydrogen-bond donors (Lipinski definition) is 2. The van der Waals surface area contributed by atoms with E-state index >= 15 is 0 Å². The Morgan fingerprint density at radius 1 is 0.857 bits per heavy atom. The molecule has 1 aromatic carbocycles. The van der Waals surface area contributed by atoms with Gasteiger partial charge in [-0.1, -0.05) is 29.8 Å². The van der Waals surface area contributed by atoms with Gasteiger partial charge in [0.1, 0.15) is 32.7 Å². The smallest absolute Gasteiger partial charge is 0.234 e. The first-order valence-corrected chi connectivity index (χ1v) is 7.98. The van der Waals surface area contributed by atoms with E-state index in [1.807, 2.05) is 12.3 Å². The minimum atomic E-state index is 1.12. The summed E-state index contributed by atoms with van der Waals surface area (Å²) in [4.78, 5) is 6.77. The maximum Gasteiger partial charge on any atom is 0.234 e. The van der Waals surface area contributed by atoms with Crippen LogP contribution in [0.2, 0.25) is 0 Å². The molecule has 3 heteroatoms. The van der Waals surface area contributed by atoms with Crippen LogP contribution in [0.25, 0.3) is 0 Å². The summed E-state index contributed by atoms with van der Waals surface area (Å²) in [5.41, 5.74) is 4.16. The quantitative estimate of drug-likeness (QED) is 0.741. The molecule has 1 aliphatic heterocycles. The van der Waals surface area contributed by atoms with E-state index in [1.165, 1.54) is 49.5 Å². The number of benzene rings is 1. The normalized spacial score (nSPS) is 22.1. The molecule has 3 rings (SSSR count). The molecular formula is C18H26N3+3. The van der Waals surface area contributed by atoms with Crippen molar-refractivity contribution in [3.05, 3.63) is 65.5 Å². The lowest BCUT2D eigenvalue weighted by Gasteiger charge is -2.29. The highest BCUT2D eigenvalue weighted by atomic mass is 15.3. The first-order valence-electron chi connectivity index (χ1n) is 7.98. The van der Waals surface area contributed by atoms with Gasteiger partial charge in [-0.05, 0) is 13.0 Å². The van der Waals surface area contributed by atoms with Gasteiger partial charge < -0.3 is 9.80 Å². The Balaban J connectivity index is 1.47. The van der Waals surface area contributed by atoms with Crippen LogP contribution in [0.5, 0.6) is 0 Å². The number of aromatic nitrogens is 1. The highest BCUT2D eigenvalue weighted by Gasteiger charge is 2.24. The van der Waals surface area contributed by atoms with Crippen LogP contribution in [0.15, 0.2) is 48.7 Å². The third-order valence-electron chi connectivity index (χ3n) is 4.45. The number of quaternary nitrogens is 2. The van der Waals surface area contributed by atoms with Crippen molar-refractivity contribution in [2.45, 2.75) is 20.0 Å². The summed E-state index contributed by atoms with van der Waals surface area (Å²) in [6, 6.07) is 15.4. The first-order chi connectivity index (χ1) is 10.3. The van der Waals surface area contributed by atoms with Gasteiger partial charge in [0, 0.05) is 17.7 Å². The van der Waals surface area contributed by atoms with E-state index in [1.54, 1.807) is 9.80 Å². The molecule has 21 heavy (non-hydrogen) atoms. The summed E-state index contributed by atoms with van der Waals surface area (Å²) >= 11 is 0. The van der Waals surface area contributed by atoms with E-state index < -0.39 is 0 Å². The minimum Gasteiger partial charge on any atom is -0.322 e. The molecule has 2 aromatic rings. The Morgan fingerprint density at radius 2 is 1.52 bits per heavy atom. The maximum atomic E-state index is 3.34. The zero-order valence-electron chi connectivity index (χ0n) is 12.9. The Hall–Kier alpha value is -1.71. The molecule has 1 fully saturated rings. The summed E-state index contributed by atoms with van der Waals surface area (Å²) in [5, 5.41) is 0. The van der Waals surface area contributed by atoms with Crippen LogP contribution in [-0.4, -0.2) is 26.2 Å². The molecule has 1 aromatic heterocycles. The van der Waals surface area contributed by atoms with Crippen molar-refractivity contribution in [1.29, 1.82) is 0 Å². The molecule has 3 N–H and O–H groups in total. The van der Waals surface area contributed by atoms with Crippen LogP contribution in [0.4, 0.5) is 0 Å². The Morgan fingerprint density at radius 3 is 2.14 bits per heavy atom. The van der Waals surface area contributed by atoms with Crippen LogP contribution in [-0.2, 0) is 13.1 Å². The van der Waals surface area contributed by atoms with Gasteiger partial charge in [-0.15, -0.1) is 0 Å². The number of rotatable bonds is 4.